The molecule has 0 aliphatic carbocycles. The first-order chi connectivity index (χ1) is 9.11. The molecule has 1 aromatic rings. The van der Waals surface area contributed by atoms with Gasteiger partial charge in [-0.3, -0.25) is 4.79 Å². The minimum Gasteiger partial charge on any atom is -0.497 e. The summed E-state index contributed by atoms with van der Waals surface area (Å²) in [7, 11) is 5.48. The molecule has 0 radical (unpaired) electrons. The molecule has 104 valence electrons. The molecule has 0 spiro atoms. The van der Waals surface area contributed by atoms with E-state index in [9.17, 15) is 4.79 Å². The van der Waals surface area contributed by atoms with Crippen molar-refractivity contribution in [1.29, 1.82) is 0 Å². The lowest BCUT2D eigenvalue weighted by atomic mass is 9.72. The van der Waals surface area contributed by atoms with Gasteiger partial charge in [0.2, 0.25) is 5.91 Å². The minimum atomic E-state index is -0.118. The van der Waals surface area contributed by atoms with Gasteiger partial charge in [0.1, 0.15) is 5.75 Å². The van der Waals surface area contributed by atoms with Gasteiger partial charge in [0.05, 0.1) is 7.11 Å². The van der Waals surface area contributed by atoms with Crippen LogP contribution >= 0.6 is 0 Å². The molecule has 2 rings (SSSR count). The topological polar surface area (TPSA) is 41.6 Å². The number of likely N-dealkylation sites (tertiary alicyclic amines) is 1. The van der Waals surface area contributed by atoms with Crippen molar-refractivity contribution in [2.45, 2.75) is 18.3 Å². The van der Waals surface area contributed by atoms with Gasteiger partial charge in [-0.1, -0.05) is 12.1 Å². The average molecular weight is 262 g/mol. The molecule has 1 fully saturated rings. The molecule has 1 N–H and O–H groups in total. The van der Waals surface area contributed by atoms with Crippen LogP contribution in [0.5, 0.6) is 5.75 Å². The third kappa shape index (κ3) is 2.73. The van der Waals surface area contributed by atoms with Crippen molar-refractivity contribution in [2.24, 2.45) is 0 Å². The summed E-state index contributed by atoms with van der Waals surface area (Å²) in [5.74, 6) is 1.06. The maximum Gasteiger partial charge on any atom is 0.223 e. The number of nitrogens with one attached hydrogen (secondary N) is 1. The normalized spacial score (nSPS) is 23.5. The van der Waals surface area contributed by atoms with Crippen LogP contribution in [0, 0.1) is 0 Å². The maximum atomic E-state index is 12.1. The number of likely N-dealkylation sites (N-methyl/N-ethyl adjacent to an activating group) is 1. The van der Waals surface area contributed by atoms with Gasteiger partial charge in [-0.15, -0.1) is 0 Å². The number of hydrogen-bond donors (Lipinski definition) is 1. The van der Waals surface area contributed by atoms with E-state index in [-0.39, 0.29) is 11.3 Å². The van der Waals surface area contributed by atoms with Crippen molar-refractivity contribution >= 4 is 5.91 Å². The largest absolute Gasteiger partial charge is 0.497 e. The minimum absolute atomic E-state index is 0.118. The smallest absolute Gasteiger partial charge is 0.223 e. The fraction of sp³-hybridized carbons (Fsp3) is 0.533. The standard InChI is InChI=1S/C15H22N2O2/c1-16-11-15(7-8-17(2)14(18)10-15)12-5-4-6-13(9-12)19-3/h4-6,9,16H,7-8,10-11H2,1-3H3. The number of hydrogen-bond acceptors (Lipinski definition) is 3. The fourth-order valence-corrected chi connectivity index (χ4v) is 2.81. The third-order valence-corrected chi connectivity index (χ3v) is 4.04. The molecular formula is C15H22N2O2. The van der Waals surface area contributed by atoms with Crippen molar-refractivity contribution in [3.63, 3.8) is 0 Å². The Bertz CT molecular complexity index is 461. The summed E-state index contributed by atoms with van der Waals surface area (Å²) >= 11 is 0. The zero-order valence-corrected chi connectivity index (χ0v) is 11.9. The Labute approximate surface area is 114 Å². The van der Waals surface area contributed by atoms with E-state index in [0.29, 0.717) is 6.42 Å². The van der Waals surface area contributed by atoms with Gasteiger partial charge < -0.3 is 15.0 Å². The van der Waals surface area contributed by atoms with Crippen LogP contribution in [0.2, 0.25) is 0 Å². The lowest BCUT2D eigenvalue weighted by Gasteiger charge is -2.40. The predicted octanol–water partition coefficient (Wildman–Crippen LogP) is 1.40. The second-order valence-corrected chi connectivity index (χ2v) is 5.28. The van der Waals surface area contributed by atoms with Crippen LogP contribution in [0.4, 0.5) is 0 Å². The highest BCUT2D eigenvalue weighted by Gasteiger charge is 2.39. The quantitative estimate of drug-likeness (QED) is 0.892. The summed E-state index contributed by atoms with van der Waals surface area (Å²) in [5.41, 5.74) is 1.06. The lowest BCUT2D eigenvalue weighted by Crippen LogP contribution is -2.49. The molecular weight excluding hydrogens is 240 g/mol. The number of carbonyl (C=O) groups is 1. The second-order valence-electron chi connectivity index (χ2n) is 5.28. The van der Waals surface area contributed by atoms with E-state index in [1.165, 1.54) is 5.56 Å². The molecule has 0 bridgehead atoms. The first-order valence-corrected chi connectivity index (χ1v) is 6.64. The van der Waals surface area contributed by atoms with E-state index >= 15 is 0 Å². The zero-order chi connectivity index (χ0) is 13.9. The molecule has 1 heterocycles. The number of piperidine rings is 1. The molecule has 19 heavy (non-hydrogen) atoms. The number of benzene rings is 1. The van der Waals surface area contributed by atoms with Crippen LogP contribution in [-0.2, 0) is 10.2 Å². The second kappa shape index (κ2) is 5.61. The number of methoxy groups -OCH3 is 1. The lowest BCUT2D eigenvalue weighted by molar-refractivity contribution is -0.134. The molecule has 4 nitrogen and oxygen atoms in total. The van der Waals surface area contributed by atoms with Crippen LogP contribution < -0.4 is 10.1 Å². The summed E-state index contributed by atoms with van der Waals surface area (Å²) in [6.45, 7) is 1.61. The molecule has 1 atom stereocenters. The Balaban J connectivity index is 2.35. The molecule has 1 amide bonds. The van der Waals surface area contributed by atoms with E-state index in [1.807, 2.05) is 31.1 Å². The van der Waals surface area contributed by atoms with E-state index in [1.54, 1.807) is 7.11 Å². The first kappa shape index (κ1) is 13.9. The van der Waals surface area contributed by atoms with Gasteiger partial charge in [0.25, 0.3) is 0 Å². The highest BCUT2D eigenvalue weighted by Crippen LogP contribution is 2.36. The summed E-state index contributed by atoms with van der Waals surface area (Å²) in [4.78, 5) is 13.9. The van der Waals surface area contributed by atoms with Crippen molar-refractivity contribution in [2.75, 3.05) is 34.3 Å². The van der Waals surface area contributed by atoms with Crippen molar-refractivity contribution < 1.29 is 9.53 Å². The Kier molecular flexibility index (Phi) is 4.10. The zero-order valence-electron chi connectivity index (χ0n) is 11.9. The Morgan fingerprint density at radius 3 is 2.89 bits per heavy atom. The number of carbonyl (C=O) groups excluding carboxylic acids is 1. The Morgan fingerprint density at radius 1 is 1.47 bits per heavy atom. The monoisotopic (exact) mass is 262 g/mol. The van der Waals surface area contributed by atoms with Crippen molar-refractivity contribution in [3.05, 3.63) is 29.8 Å². The van der Waals surface area contributed by atoms with Crippen molar-refractivity contribution in [3.8, 4) is 5.75 Å². The number of amides is 1. The maximum absolute atomic E-state index is 12.1. The highest BCUT2D eigenvalue weighted by molar-refractivity contribution is 5.78. The van der Waals surface area contributed by atoms with Crippen LogP contribution in [-0.4, -0.2) is 45.1 Å². The fourth-order valence-electron chi connectivity index (χ4n) is 2.81. The summed E-state index contributed by atoms with van der Waals surface area (Å²) in [6.07, 6.45) is 1.53. The molecule has 1 aliphatic rings. The highest BCUT2D eigenvalue weighted by atomic mass is 16.5. The molecule has 1 unspecified atom stereocenters. The van der Waals surface area contributed by atoms with E-state index in [0.717, 1.165) is 25.3 Å². The van der Waals surface area contributed by atoms with E-state index in [4.69, 9.17) is 4.74 Å². The van der Waals surface area contributed by atoms with Gasteiger partial charge in [0, 0.05) is 32.0 Å². The average Bonchev–Trinajstić information content (AvgIpc) is 2.43. The van der Waals surface area contributed by atoms with E-state index in [2.05, 4.69) is 17.4 Å². The molecule has 4 heteroatoms. The number of ether oxygens (including phenoxy) is 1. The van der Waals surface area contributed by atoms with Crippen molar-refractivity contribution in [1.82, 2.24) is 10.2 Å². The number of rotatable bonds is 4. The van der Waals surface area contributed by atoms with Crippen LogP contribution in [0.25, 0.3) is 0 Å². The predicted molar refractivity (Wildman–Crippen MR) is 75.5 cm³/mol. The van der Waals surface area contributed by atoms with Gasteiger partial charge in [-0.05, 0) is 31.2 Å². The summed E-state index contributed by atoms with van der Waals surface area (Å²) in [6, 6.07) is 8.08. The molecule has 0 aromatic heterocycles. The van der Waals surface area contributed by atoms with Gasteiger partial charge in [0.15, 0.2) is 0 Å². The molecule has 1 saturated heterocycles. The van der Waals surface area contributed by atoms with Gasteiger partial charge in [-0.2, -0.15) is 0 Å². The Hall–Kier alpha value is -1.55. The first-order valence-electron chi connectivity index (χ1n) is 6.64. The van der Waals surface area contributed by atoms with Gasteiger partial charge >= 0.3 is 0 Å². The van der Waals surface area contributed by atoms with Gasteiger partial charge in [-0.25, -0.2) is 0 Å². The van der Waals surface area contributed by atoms with Crippen LogP contribution in [0.15, 0.2) is 24.3 Å². The SMILES string of the molecule is CNCC1(c2cccc(OC)c2)CCN(C)C(=O)C1. The van der Waals surface area contributed by atoms with Crippen LogP contribution in [0.3, 0.4) is 0 Å². The van der Waals surface area contributed by atoms with Crippen LogP contribution in [0.1, 0.15) is 18.4 Å². The molecule has 0 saturated carbocycles. The molecule has 1 aromatic carbocycles. The number of nitrogens with zero attached hydrogens (tertiary/aromatic N) is 1. The third-order valence-electron chi connectivity index (χ3n) is 4.04. The van der Waals surface area contributed by atoms with E-state index < -0.39 is 0 Å². The summed E-state index contributed by atoms with van der Waals surface area (Å²) in [5, 5.41) is 3.24. The summed E-state index contributed by atoms with van der Waals surface area (Å²) < 4.78 is 5.30. The Morgan fingerprint density at radius 2 is 2.26 bits per heavy atom. The molecule has 1 aliphatic heterocycles.